The van der Waals surface area contributed by atoms with Crippen molar-refractivity contribution < 1.29 is 22.9 Å². The zero-order valence-corrected chi connectivity index (χ0v) is 18.3. The minimum atomic E-state index is -4.02. The Hall–Kier alpha value is -4.28. The van der Waals surface area contributed by atoms with Crippen molar-refractivity contribution in [2.75, 3.05) is 16.6 Å². The van der Waals surface area contributed by atoms with Gasteiger partial charge < -0.3 is 10.1 Å². The molecule has 0 bridgehead atoms. The van der Waals surface area contributed by atoms with Crippen molar-refractivity contribution in [1.29, 1.82) is 0 Å². The molecule has 1 amide bonds. The molecule has 0 unspecified atom stereocenters. The molecule has 168 valence electrons. The summed E-state index contributed by atoms with van der Waals surface area (Å²) in [5.41, 5.74) is 0.346. The SMILES string of the molecule is C#CCOc1nccnc1NS(=O)(=O)c1ccc(NC(=O)/C=C/c2ccc([N+](=O)[O-])s2)cc1. The molecule has 0 atom stereocenters. The van der Waals surface area contributed by atoms with Crippen LogP contribution in [0.1, 0.15) is 4.88 Å². The van der Waals surface area contributed by atoms with Gasteiger partial charge in [-0.05, 0) is 36.4 Å². The van der Waals surface area contributed by atoms with E-state index in [1.54, 1.807) is 0 Å². The molecule has 3 aromatic rings. The highest BCUT2D eigenvalue weighted by molar-refractivity contribution is 7.92. The third-order valence-electron chi connectivity index (χ3n) is 3.81. The summed E-state index contributed by atoms with van der Waals surface area (Å²) in [6.07, 6.45) is 10.4. The Kier molecular flexibility index (Phi) is 7.34. The maximum Gasteiger partial charge on any atom is 0.324 e. The lowest BCUT2D eigenvalue weighted by molar-refractivity contribution is -0.380. The van der Waals surface area contributed by atoms with Crippen LogP contribution in [0.4, 0.5) is 16.5 Å². The van der Waals surface area contributed by atoms with Crippen LogP contribution in [0.5, 0.6) is 5.88 Å². The maximum absolute atomic E-state index is 12.7. The predicted molar refractivity (Wildman–Crippen MR) is 122 cm³/mol. The number of aromatic nitrogens is 2. The molecule has 0 aliphatic heterocycles. The van der Waals surface area contributed by atoms with Gasteiger partial charge in [-0.25, -0.2) is 18.4 Å². The van der Waals surface area contributed by atoms with E-state index in [0.29, 0.717) is 10.6 Å². The smallest absolute Gasteiger partial charge is 0.324 e. The number of benzene rings is 1. The second kappa shape index (κ2) is 10.4. The van der Waals surface area contributed by atoms with Gasteiger partial charge in [0.2, 0.25) is 11.7 Å². The first-order valence-electron chi connectivity index (χ1n) is 9.02. The van der Waals surface area contributed by atoms with Crippen molar-refractivity contribution in [3.8, 4) is 18.2 Å². The second-order valence-electron chi connectivity index (χ2n) is 6.09. The Morgan fingerprint density at radius 3 is 2.61 bits per heavy atom. The van der Waals surface area contributed by atoms with E-state index in [-0.39, 0.29) is 28.2 Å². The van der Waals surface area contributed by atoms with E-state index in [4.69, 9.17) is 11.2 Å². The average Bonchev–Trinajstić information content (AvgIpc) is 3.27. The molecule has 11 nitrogen and oxygen atoms in total. The molecule has 0 aliphatic carbocycles. The van der Waals surface area contributed by atoms with Crippen molar-refractivity contribution in [3.05, 3.63) is 69.9 Å². The fourth-order valence-corrected chi connectivity index (χ4v) is 4.12. The van der Waals surface area contributed by atoms with Crippen LogP contribution in [0.25, 0.3) is 6.08 Å². The largest absolute Gasteiger partial charge is 0.462 e. The minimum Gasteiger partial charge on any atom is -0.462 e. The first kappa shape index (κ1) is 23.4. The molecule has 33 heavy (non-hydrogen) atoms. The molecule has 0 fully saturated rings. The van der Waals surface area contributed by atoms with E-state index in [9.17, 15) is 23.3 Å². The summed E-state index contributed by atoms with van der Waals surface area (Å²) < 4.78 is 32.8. The van der Waals surface area contributed by atoms with E-state index >= 15 is 0 Å². The summed E-state index contributed by atoms with van der Waals surface area (Å²) in [6.45, 7) is -0.111. The number of nitrogens with one attached hydrogen (secondary N) is 2. The van der Waals surface area contributed by atoms with Crippen LogP contribution in [0.2, 0.25) is 0 Å². The molecule has 2 heterocycles. The van der Waals surface area contributed by atoms with E-state index in [0.717, 1.165) is 11.3 Å². The molecule has 2 aromatic heterocycles. The van der Waals surface area contributed by atoms with Gasteiger partial charge in [0.15, 0.2) is 6.61 Å². The Labute approximate surface area is 192 Å². The first-order chi connectivity index (χ1) is 15.8. The van der Waals surface area contributed by atoms with Gasteiger partial charge in [0, 0.05) is 35.1 Å². The lowest BCUT2D eigenvalue weighted by Gasteiger charge is -2.11. The van der Waals surface area contributed by atoms with Crippen molar-refractivity contribution in [1.82, 2.24) is 9.97 Å². The Balaban J connectivity index is 1.65. The Morgan fingerprint density at radius 1 is 1.21 bits per heavy atom. The third kappa shape index (κ3) is 6.35. The van der Waals surface area contributed by atoms with Gasteiger partial charge in [0.1, 0.15) is 0 Å². The lowest BCUT2D eigenvalue weighted by Crippen LogP contribution is -2.15. The Morgan fingerprint density at radius 2 is 1.94 bits per heavy atom. The fourth-order valence-electron chi connectivity index (χ4n) is 2.39. The molecular weight excluding hydrogens is 470 g/mol. The molecule has 1 aromatic carbocycles. The molecule has 2 N–H and O–H groups in total. The van der Waals surface area contributed by atoms with Crippen LogP contribution in [-0.4, -0.2) is 35.8 Å². The number of rotatable bonds is 9. The van der Waals surface area contributed by atoms with Crippen molar-refractivity contribution in [2.45, 2.75) is 4.90 Å². The molecule has 3 rings (SSSR count). The zero-order valence-electron chi connectivity index (χ0n) is 16.7. The fraction of sp³-hybridized carbons (Fsp3) is 0.0500. The van der Waals surface area contributed by atoms with Gasteiger partial charge in [-0.15, -0.1) is 6.42 Å². The number of terminal acetylenes is 1. The van der Waals surface area contributed by atoms with Gasteiger partial charge in [0.05, 0.1) is 9.82 Å². The van der Waals surface area contributed by atoms with Crippen molar-refractivity contribution >= 4 is 49.8 Å². The second-order valence-corrected chi connectivity index (χ2v) is 8.86. The number of ether oxygens (including phenoxy) is 1. The van der Waals surface area contributed by atoms with Gasteiger partial charge in [0.25, 0.3) is 15.9 Å². The topological polar surface area (TPSA) is 153 Å². The van der Waals surface area contributed by atoms with Crippen LogP contribution in [0, 0.1) is 22.5 Å². The molecule has 0 aliphatic rings. The maximum atomic E-state index is 12.7. The normalized spacial score (nSPS) is 11.0. The molecule has 13 heteroatoms. The highest BCUT2D eigenvalue weighted by Gasteiger charge is 2.18. The summed E-state index contributed by atoms with van der Waals surface area (Å²) in [6, 6.07) is 8.27. The molecule has 0 saturated heterocycles. The van der Waals surface area contributed by atoms with Crippen molar-refractivity contribution in [3.63, 3.8) is 0 Å². The Bertz CT molecular complexity index is 1340. The van der Waals surface area contributed by atoms with Crippen LogP contribution < -0.4 is 14.8 Å². The van der Waals surface area contributed by atoms with Gasteiger partial charge in [-0.2, -0.15) is 0 Å². The molecule has 0 spiro atoms. The average molecular weight is 486 g/mol. The molecule has 0 saturated carbocycles. The highest BCUT2D eigenvalue weighted by atomic mass is 32.2. The zero-order chi connectivity index (χ0) is 23.8. The third-order valence-corrected chi connectivity index (χ3v) is 6.17. The number of hydrogen-bond acceptors (Lipinski definition) is 9. The summed E-state index contributed by atoms with van der Waals surface area (Å²) in [5, 5.41) is 13.2. The first-order valence-corrected chi connectivity index (χ1v) is 11.3. The van der Waals surface area contributed by atoms with Crippen LogP contribution in [0.15, 0.2) is 59.8 Å². The predicted octanol–water partition coefficient (Wildman–Crippen LogP) is 2.91. The number of amides is 1. The van der Waals surface area contributed by atoms with Crippen LogP contribution in [-0.2, 0) is 14.8 Å². The summed E-state index contributed by atoms with van der Waals surface area (Å²) in [7, 11) is -4.02. The number of hydrogen-bond donors (Lipinski definition) is 2. The number of sulfonamides is 1. The number of carbonyl (C=O) groups excluding carboxylic acids is 1. The summed E-state index contributed by atoms with van der Waals surface area (Å²) in [4.78, 5) is 30.5. The van der Waals surface area contributed by atoms with Crippen LogP contribution >= 0.6 is 11.3 Å². The lowest BCUT2D eigenvalue weighted by atomic mass is 10.3. The number of thiophene rings is 1. The standard InChI is InChI=1S/C20H15N5O6S2/c1-2-13-31-20-19(21-11-12-22-20)24-33(29,30)16-7-3-14(4-8-16)23-17(26)9-5-15-6-10-18(32-15)25(27)28/h1,3-12H,13H2,(H,21,24)(H,23,26)/b9-5+. The van der Waals surface area contributed by atoms with E-state index in [1.165, 1.54) is 60.9 Å². The number of nitro groups is 1. The molecule has 0 radical (unpaired) electrons. The monoisotopic (exact) mass is 485 g/mol. The summed E-state index contributed by atoms with van der Waals surface area (Å²) in [5.74, 6) is 1.57. The quantitative estimate of drug-likeness (QED) is 0.203. The van der Waals surface area contributed by atoms with Gasteiger partial charge in [-0.1, -0.05) is 17.3 Å². The van der Waals surface area contributed by atoms with Gasteiger partial charge >= 0.3 is 5.00 Å². The van der Waals surface area contributed by atoms with E-state index in [1.807, 2.05) is 0 Å². The van der Waals surface area contributed by atoms with Gasteiger partial charge in [-0.3, -0.25) is 19.6 Å². The molecular formula is C20H15N5O6S2. The number of anilines is 2. The summed E-state index contributed by atoms with van der Waals surface area (Å²) >= 11 is 0.932. The number of nitrogens with zero attached hydrogens (tertiary/aromatic N) is 3. The van der Waals surface area contributed by atoms with E-state index in [2.05, 4.69) is 25.9 Å². The highest BCUT2D eigenvalue weighted by Crippen LogP contribution is 2.25. The number of carbonyl (C=O) groups is 1. The van der Waals surface area contributed by atoms with Crippen molar-refractivity contribution in [2.24, 2.45) is 0 Å². The van der Waals surface area contributed by atoms with E-state index < -0.39 is 20.9 Å². The van der Waals surface area contributed by atoms with Crippen LogP contribution in [0.3, 0.4) is 0 Å². The minimum absolute atomic E-state index is 0.0309.